The average Bonchev–Trinajstić information content (AvgIpc) is 3.25. The molecular weight excluding hydrogens is 350 g/mol. The minimum Gasteiger partial charge on any atom is -0.490 e. The summed E-state index contributed by atoms with van der Waals surface area (Å²) < 4.78 is 6.26. The summed E-state index contributed by atoms with van der Waals surface area (Å²) in [7, 11) is 1.74. The first kappa shape index (κ1) is 19.4. The Morgan fingerprint density at radius 3 is 2.25 bits per heavy atom. The van der Waals surface area contributed by atoms with Gasteiger partial charge in [-0.25, -0.2) is 5.01 Å². The first-order chi connectivity index (χ1) is 13.5. The lowest BCUT2D eigenvalue weighted by Gasteiger charge is -2.36. The van der Waals surface area contributed by atoms with Gasteiger partial charge in [0.05, 0.1) is 5.71 Å². The number of ether oxygens (including phenoxy) is 1. The Morgan fingerprint density at radius 1 is 0.964 bits per heavy atom. The van der Waals surface area contributed by atoms with Crippen LogP contribution in [0, 0.1) is 11.8 Å². The van der Waals surface area contributed by atoms with Crippen molar-refractivity contribution in [1.82, 2.24) is 9.91 Å². The Labute approximate surface area is 168 Å². The van der Waals surface area contributed by atoms with Gasteiger partial charge in [0.15, 0.2) is 0 Å². The van der Waals surface area contributed by atoms with Gasteiger partial charge in [-0.2, -0.15) is 5.10 Å². The third-order valence-electron chi connectivity index (χ3n) is 6.92. The highest BCUT2D eigenvalue weighted by molar-refractivity contribution is 6.06. The van der Waals surface area contributed by atoms with E-state index in [1.165, 1.54) is 43.8 Å². The van der Waals surface area contributed by atoms with E-state index >= 15 is 0 Å². The lowest BCUT2D eigenvalue weighted by Crippen LogP contribution is -2.43. The number of amides is 1. The minimum absolute atomic E-state index is 0.0431. The van der Waals surface area contributed by atoms with Crippen LogP contribution in [0.3, 0.4) is 0 Å². The van der Waals surface area contributed by atoms with Gasteiger partial charge in [-0.3, -0.25) is 4.79 Å². The van der Waals surface area contributed by atoms with Gasteiger partial charge in [-0.1, -0.05) is 26.7 Å². The molecule has 152 valence electrons. The van der Waals surface area contributed by atoms with Gasteiger partial charge in [0.2, 0.25) is 5.91 Å². The molecule has 1 aromatic carbocycles. The number of nitrogens with zero attached hydrogens (tertiary/aromatic N) is 3. The molecule has 4 rings (SSSR count). The Hall–Kier alpha value is -1.88. The van der Waals surface area contributed by atoms with E-state index in [0.29, 0.717) is 6.10 Å². The molecule has 1 aromatic rings. The third-order valence-corrected chi connectivity index (χ3v) is 6.92. The van der Waals surface area contributed by atoms with Crippen LogP contribution in [0.4, 0.5) is 0 Å². The molecule has 0 spiro atoms. The second-order valence-corrected chi connectivity index (χ2v) is 8.74. The topological polar surface area (TPSA) is 45.1 Å². The normalized spacial score (nSPS) is 27.9. The van der Waals surface area contributed by atoms with E-state index in [1.807, 2.05) is 6.92 Å². The van der Waals surface area contributed by atoms with Crippen LogP contribution in [0.25, 0.3) is 0 Å². The molecule has 0 aromatic heterocycles. The van der Waals surface area contributed by atoms with Gasteiger partial charge in [0, 0.05) is 38.0 Å². The van der Waals surface area contributed by atoms with E-state index in [4.69, 9.17) is 4.74 Å². The van der Waals surface area contributed by atoms with E-state index in [1.54, 1.807) is 7.05 Å². The van der Waals surface area contributed by atoms with Gasteiger partial charge >= 0.3 is 0 Å². The van der Waals surface area contributed by atoms with Crippen LogP contribution < -0.4 is 4.74 Å². The van der Waals surface area contributed by atoms with Crippen molar-refractivity contribution in [2.24, 2.45) is 16.9 Å². The molecule has 28 heavy (non-hydrogen) atoms. The van der Waals surface area contributed by atoms with Crippen molar-refractivity contribution in [2.75, 3.05) is 20.1 Å². The Bertz CT molecular complexity index is 716. The number of hydrogen-bond donors (Lipinski definition) is 0. The Morgan fingerprint density at radius 2 is 1.61 bits per heavy atom. The predicted molar refractivity (Wildman–Crippen MR) is 112 cm³/mol. The second kappa shape index (κ2) is 8.24. The average molecular weight is 384 g/mol. The second-order valence-electron chi connectivity index (χ2n) is 8.74. The summed E-state index contributed by atoms with van der Waals surface area (Å²) in [5.41, 5.74) is 2.05. The van der Waals surface area contributed by atoms with Crippen LogP contribution in [0.15, 0.2) is 29.4 Å². The standard InChI is InChI=1S/C23H33N3O2/c1-16-17(2)23(27)25(3)24-22(16)18-8-10-20(11-9-18)28-21-12-14-26(15-13-21)19-6-4-5-7-19/h8-11,16-17,19,21H,4-7,12-15H2,1-3H3. The monoisotopic (exact) mass is 383 g/mol. The molecule has 0 N–H and O–H groups in total. The fraction of sp³-hybridized carbons (Fsp3) is 0.652. The molecule has 1 saturated heterocycles. The maximum atomic E-state index is 12.1. The van der Waals surface area contributed by atoms with E-state index in [0.717, 1.165) is 35.9 Å². The molecule has 5 heteroatoms. The molecule has 1 amide bonds. The van der Waals surface area contributed by atoms with Gasteiger partial charge < -0.3 is 9.64 Å². The quantitative estimate of drug-likeness (QED) is 0.792. The van der Waals surface area contributed by atoms with E-state index in [2.05, 4.69) is 41.2 Å². The molecule has 2 heterocycles. The lowest BCUT2D eigenvalue weighted by atomic mass is 9.86. The molecule has 0 radical (unpaired) electrons. The molecular formula is C23H33N3O2. The molecule has 0 bridgehead atoms. The fourth-order valence-electron chi connectivity index (χ4n) is 4.89. The first-order valence-electron chi connectivity index (χ1n) is 10.9. The minimum atomic E-state index is -0.0431. The summed E-state index contributed by atoms with van der Waals surface area (Å²) >= 11 is 0. The van der Waals surface area contributed by atoms with Crippen LogP contribution in [0.1, 0.15) is 57.9 Å². The van der Waals surface area contributed by atoms with Crippen LogP contribution in [-0.4, -0.2) is 53.8 Å². The smallest absolute Gasteiger partial charge is 0.245 e. The number of hydrogen-bond acceptors (Lipinski definition) is 4. The van der Waals surface area contributed by atoms with Crippen LogP contribution in [-0.2, 0) is 4.79 Å². The molecule has 5 nitrogen and oxygen atoms in total. The number of hydrazone groups is 1. The Kier molecular flexibility index (Phi) is 5.72. The van der Waals surface area contributed by atoms with Crippen molar-refractivity contribution in [3.05, 3.63) is 29.8 Å². The van der Waals surface area contributed by atoms with Crippen LogP contribution in [0.5, 0.6) is 5.75 Å². The zero-order chi connectivity index (χ0) is 19.7. The van der Waals surface area contributed by atoms with E-state index in [9.17, 15) is 4.79 Å². The van der Waals surface area contributed by atoms with Crippen molar-refractivity contribution in [2.45, 2.75) is 64.5 Å². The molecule has 2 unspecified atom stereocenters. The summed E-state index contributed by atoms with van der Waals surface area (Å²) in [5.74, 6) is 1.10. The molecule has 1 aliphatic carbocycles. The summed E-state index contributed by atoms with van der Waals surface area (Å²) in [6.45, 7) is 6.39. The number of carbonyl (C=O) groups is 1. The number of benzene rings is 1. The van der Waals surface area contributed by atoms with Gasteiger partial charge in [-0.05, 0) is 55.5 Å². The van der Waals surface area contributed by atoms with Crippen molar-refractivity contribution in [3.63, 3.8) is 0 Å². The summed E-state index contributed by atoms with van der Waals surface area (Å²) in [5, 5.41) is 5.99. The SMILES string of the molecule is CC1C(=O)N(C)N=C(c2ccc(OC3CCN(C4CCCC4)CC3)cc2)C1C. The van der Waals surface area contributed by atoms with Crippen LogP contribution in [0.2, 0.25) is 0 Å². The number of rotatable bonds is 4. The van der Waals surface area contributed by atoms with E-state index in [-0.39, 0.29) is 17.7 Å². The predicted octanol–water partition coefficient (Wildman–Crippen LogP) is 3.92. The fourth-order valence-corrected chi connectivity index (χ4v) is 4.89. The molecule has 2 atom stereocenters. The van der Waals surface area contributed by atoms with Gasteiger partial charge in [0.1, 0.15) is 11.9 Å². The molecule has 1 saturated carbocycles. The number of piperidine rings is 1. The summed E-state index contributed by atoms with van der Waals surface area (Å²) in [4.78, 5) is 14.8. The van der Waals surface area contributed by atoms with Crippen molar-refractivity contribution in [3.8, 4) is 5.75 Å². The largest absolute Gasteiger partial charge is 0.490 e. The Balaban J connectivity index is 1.35. The van der Waals surface area contributed by atoms with E-state index < -0.39 is 0 Å². The third kappa shape index (κ3) is 3.95. The van der Waals surface area contributed by atoms with Gasteiger partial charge in [0.25, 0.3) is 0 Å². The highest BCUT2D eigenvalue weighted by Gasteiger charge is 2.32. The maximum absolute atomic E-state index is 12.1. The summed E-state index contributed by atoms with van der Waals surface area (Å²) in [6, 6.07) is 9.08. The molecule has 2 aliphatic heterocycles. The zero-order valence-corrected chi connectivity index (χ0v) is 17.4. The summed E-state index contributed by atoms with van der Waals surface area (Å²) in [6.07, 6.45) is 8.13. The van der Waals surface area contributed by atoms with Crippen molar-refractivity contribution in [1.29, 1.82) is 0 Å². The molecule has 3 aliphatic rings. The highest BCUT2D eigenvalue weighted by Crippen LogP contribution is 2.29. The lowest BCUT2D eigenvalue weighted by molar-refractivity contribution is -0.135. The molecule has 2 fully saturated rings. The van der Waals surface area contributed by atoms with Crippen molar-refractivity contribution >= 4 is 11.6 Å². The van der Waals surface area contributed by atoms with Crippen molar-refractivity contribution < 1.29 is 9.53 Å². The van der Waals surface area contributed by atoms with Crippen LogP contribution >= 0.6 is 0 Å². The highest BCUT2D eigenvalue weighted by atomic mass is 16.5. The number of likely N-dealkylation sites (tertiary alicyclic amines) is 1. The number of carbonyl (C=O) groups excluding carboxylic acids is 1. The first-order valence-corrected chi connectivity index (χ1v) is 10.9. The zero-order valence-electron chi connectivity index (χ0n) is 17.4. The maximum Gasteiger partial charge on any atom is 0.245 e. The van der Waals surface area contributed by atoms with Gasteiger partial charge in [-0.15, -0.1) is 0 Å².